The second-order valence-electron chi connectivity index (χ2n) is 5.14. The van der Waals surface area contributed by atoms with E-state index in [0.29, 0.717) is 6.42 Å². The number of Topliss-reactive ketones (excluding diaryl/α,β-unsaturated/α-hetero) is 1. The van der Waals surface area contributed by atoms with Crippen molar-refractivity contribution in [2.24, 2.45) is 11.7 Å². The minimum Gasteiger partial charge on any atom is -0.345 e. The van der Waals surface area contributed by atoms with Crippen molar-refractivity contribution in [1.29, 1.82) is 0 Å². The highest BCUT2D eigenvalue weighted by atomic mass is 16.2. The van der Waals surface area contributed by atoms with Crippen LogP contribution in [-0.2, 0) is 16.0 Å². The fourth-order valence-corrected chi connectivity index (χ4v) is 1.96. The average molecular weight is 262 g/mol. The first kappa shape index (κ1) is 15.4. The molecule has 0 bridgehead atoms. The highest BCUT2D eigenvalue weighted by Crippen LogP contribution is 2.05. The summed E-state index contributed by atoms with van der Waals surface area (Å²) in [6.45, 7) is 5.28. The first-order valence-electron chi connectivity index (χ1n) is 6.52. The van der Waals surface area contributed by atoms with Gasteiger partial charge in [-0.25, -0.2) is 0 Å². The monoisotopic (exact) mass is 262 g/mol. The highest BCUT2D eigenvalue weighted by Gasteiger charge is 2.23. The molecule has 104 valence electrons. The summed E-state index contributed by atoms with van der Waals surface area (Å²) in [6.07, 6.45) is 0.468. The van der Waals surface area contributed by atoms with E-state index in [4.69, 9.17) is 5.73 Å². The van der Waals surface area contributed by atoms with Gasteiger partial charge in [0.2, 0.25) is 5.91 Å². The van der Waals surface area contributed by atoms with Crippen molar-refractivity contribution in [3.63, 3.8) is 0 Å². The Labute approximate surface area is 114 Å². The van der Waals surface area contributed by atoms with Crippen molar-refractivity contribution < 1.29 is 9.59 Å². The van der Waals surface area contributed by atoms with Crippen LogP contribution in [0.15, 0.2) is 30.3 Å². The lowest BCUT2D eigenvalue weighted by molar-refractivity contribution is -0.128. The zero-order valence-corrected chi connectivity index (χ0v) is 11.7. The highest BCUT2D eigenvalue weighted by molar-refractivity contribution is 5.89. The predicted octanol–water partition coefficient (Wildman–Crippen LogP) is 1.29. The van der Waals surface area contributed by atoms with Crippen LogP contribution in [0, 0.1) is 5.92 Å². The molecule has 1 aromatic carbocycles. The summed E-state index contributed by atoms with van der Waals surface area (Å²) in [6, 6.07) is 8.49. The lowest BCUT2D eigenvalue weighted by Gasteiger charge is -2.21. The van der Waals surface area contributed by atoms with Gasteiger partial charge in [-0.3, -0.25) is 9.59 Å². The fraction of sp³-hybridized carbons (Fsp3) is 0.467. The summed E-state index contributed by atoms with van der Waals surface area (Å²) >= 11 is 0. The third-order valence-electron chi connectivity index (χ3n) is 3.04. The van der Waals surface area contributed by atoms with Crippen LogP contribution in [0.4, 0.5) is 0 Å². The van der Waals surface area contributed by atoms with Gasteiger partial charge in [0.15, 0.2) is 5.78 Å². The van der Waals surface area contributed by atoms with Gasteiger partial charge < -0.3 is 11.1 Å². The first-order valence-corrected chi connectivity index (χ1v) is 6.52. The molecule has 1 amide bonds. The molecule has 0 spiro atoms. The number of carbonyl (C=O) groups excluding carboxylic acids is 2. The molecule has 1 aromatic rings. The number of carbonyl (C=O) groups is 2. The quantitative estimate of drug-likeness (QED) is 0.811. The van der Waals surface area contributed by atoms with E-state index in [1.54, 1.807) is 0 Å². The van der Waals surface area contributed by atoms with Gasteiger partial charge in [0.05, 0.1) is 12.1 Å². The van der Waals surface area contributed by atoms with E-state index in [1.807, 2.05) is 44.2 Å². The van der Waals surface area contributed by atoms with Crippen molar-refractivity contribution in [2.75, 3.05) is 0 Å². The SMILES string of the molecule is CC(=O)[C@@H](NC(=O)[C@@H](N)Cc1ccccc1)C(C)C. The average Bonchev–Trinajstić information content (AvgIpc) is 2.35. The van der Waals surface area contributed by atoms with Gasteiger partial charge in [-0.05, 0) is 24.8 Å². The third-order valence-corrected chi connectivity index (χ3v) is 3.04. The van der Waals surface area contributed by atoms with E-state index < -0.39 is 12.1 Å². The molecule has 3 N–H and O–H groups in total. The van der Waals surface area contributed by atoms with E-state index in [0.717, 1.165) is 5.56 Å². The molecule has 0 saturated heterocycles. The fourth-order valence-electron chi connectivity index (χ4n) is 1.96. The van der Waals surface area contributed by atoms with Crippen molar-refractivity contribution in [3.05, 3.63) is 35.9 Å². The van der Waals surface area contributed by atoms with E-state index in [9.17, 15) is 9.59 Å². The lowest BCUT2D eigenvalue weighted by atomic mass is 9.99. The molecule has 19 heavy (non-hydrogen) atoms. The second-order valence-corrected chi connectivity index (χ2v) is 5.14. The van der Waals surface area contributed by atoms with Crippen LogP contribution >= 0.6 is 0 Å². The maximum absolute atomic E-state index is 12.0. The number of amides is 1. The third kappa shape index (κ3) is 4.83. The Kier molecular flexibility index (Phi) is 5.70. The molecular weight excluding hydrogens is 240 g/mol. The Morgan fingerprint density at radius 3 is 2.26 bits per heavy atom. The van der Waals surface area contributed by atoms with Crippen LogP contribution < -0.4 is 11.1 Å². The summed E-state index contributed by atoms with van der Waals surface area (Å²) in [5.74, 6) is -0.265. The standard InChI is InChI=1S/C15H22N2O2/c1-10(2)14(11(3)18)17-15(19)13(16)9-12-7-5-4-6-8-12/h4-8,10,13-14H,9,16H2,1-3H3,(H,17,19)/t13-,14-/m0/s1. The Morgan fingerprint density at radius 2 is 1.79 bits per heavy atom. The Morgan fingerprint density at radius 1 is 1.21 bits per heavy atom. The molecule has 1 rings (SSSR count). The lowest BCUT2D eigenvalue weighted by Crippen LogP contribution is -2.50. The van der Waals surface area contributed by atoms with E-state index in [-0.39, 0.29) is 17.6 Å². The van der Waals surface area contributed by atoms with Gasteiger partial charge in [-0.15, -0.1) is 0 Å². The number of nitrogens with one attached hydrogen (secondary N) is 1. The normalized spacial score (nSPS) is 13.9. The Bertz CT molecular complexity index is 429. The molecule has 0 fully saturated rings. The molecule has 4 heteroatoms. The van der Waals surface area contributed by atoms with E-state index in [2.05, 4.69) is 5.32 Å². The maximum Gasteiger partial charge on any atom is 0.237 e. The summed E-state index contributed by atoms with van der Waals surface area (Å²) in [5, 5.41) is 2.72. The number of ketones is 1. The summed E-state index contributed by atoms with van der Waals surface area (Å²) in [5.41, 5.74) is 6.88. The van der Waals surface area contributed by atoms with Crippen molar-refractivity contribution >= 4 is 11.7 Å². The minimum atomic E-state index is -0.636. The summed E-state index contributed by atoms with van der Waals surface area (Å²) in [7, 11) is 0. The molecule has 0 aliphatic heterocycles. The van der Waals surface area contributed by atoms with Gasteiger partial charge in [0, 0.05) is 0 Å². The van der Waals surface area contributed by atoms with Gasteiger partial charge in [0.1, 0.15) is 0 Å². The number of nitrogens with two attached hydrogens (primary N) is 1. The summed E-state index contributed by atoms with van der Waals surface area (Å²) in [4.78, 5) is 23.4. The van der Waals surface area contributed by atoms with E-state index in [1.165, 1.54) is 6.92 Å². The van der Waals surface area contributed by atoms with Crippen molar-refractivity contribution in [1.82, 2.24) is 5.32 Å². The molecule has 0 saturated carbocycles. The largest absolute Gasteiger partial charge is 0.345 e. The molecule has 0 radical (unpaired) electrons. The molecule has 0 unspecified atom stereocenters. The van der Waals surface area contributed by atoms with Gasteiger partial charge >= 0.3 is 0 Å². The number of hydrogen-bond acceptors (Lipinski definition) is 3. The van der Waals surface area contributed by atoms with Crippen LogP contribution in [0.2, 0.25) is 0 Å². The van der Waals surface area contributed by atoms with Crippen LogP contribution in [0.5, 0.6) is 0 Å². The van der Waals surface area contributed by atoms with Crippen LogP contribution in [0.3, 0.4) is 0 Å². The van der Waals surface area contributed by atoms with Gasteiger partial charge in [0.25, 0.3) is 0 Å². The molecule has 0 heterocycles. The minimum absolute atomic E-state index is 0.0461. The topological polar surface area (TPSA) is 72.2 Å². The van der Waals surface area contributed by atoms with Crippen molar-refractivity contribution in [3.8, 4) is 0 Å². The second kappa shape index (κ2) is 7.04. The zero-order chi connectivity index (χ0) is 14.4. The van der Waals surface area contributed by atoms with Crippen LogP contribution in [0.25, 0.3) is 0 Å². The smallest absolute Gasteiger partial charge is 0.237 e. The van der Waals surface area contributed by atoms with Gasteiger partial charge in [-0.1, -0.05) is 44.2 Å². The molecule has 0 aromatic heterocycles. The van der Waals surface area contributed by atoms with Crippen LogP contribution in [0.1, 0.15) is 26.3 Å². The predicted molar refractivity (Wildman–Crippen MR) is 75.6 cm³/mol. The van der Waals surface area contributed by atoms with E-state index >= 15 is 0 Å². The molecule has 0 aliphatic carbocycles. The number of rotatable bonds is 6. The first-order chi connectivity index (χ1) is 8.91. The Hall–Kier alpha value is -1.68. The molecular formula is C15H22N2O2. The van der Waals surface area contributed by atoms with Crippen molar-refractivity contribution in [2.45, 2.75) is 39.3 Å². The maximum atomic E-state index is 12.0. The van der Waals surface area contributed by atoms with Gasteiger partial charge in [-0.2, -0.15) is 0 Å². The molecule has 4 nitrogen and oxygen atoms in total. The number of hydrogen-bond donors (Lipinski definition) is 2. The Balaban J connectivity index is 2.60. The number of benzene rings is 1. The zero-order valence-electron chi connectivity index (χ0n) is 11.7. The molecule has 0 aliphatic rings. The van der Waals surface area contributed by atoms with Crippen LogP contribution in [-0.4, -0.2) is 23.8 Å². The molecule has 2 atom stereocenters. The summed E-state index contributed by atoms with van der Waals surface area (Å²) < 4.78 is 0.